The number of nitrogens with zero attached hydrogens (tertiary/aromatic N) is 3. The summed E-state index contributed by atoms with van der Waals surface area (Å²) < 4.78 is 7.74. The topological polar surface area (TPSA) is 105 Å². The molecule has 3 aromatic rings. The Morgan fingerprint density at radius 2 is 2.07 bits per heavy atom. The molecule has 3 rings (SSSR count). The first-order valence-corrected chi connectivity index (χ1v) is 9.97. The number of hydrogen-bond acceptors (Lipinski definition) is 5. The minimum atomic E-state index is -0.280. The normalized spacial score (nSPS) is 12.3. The van der Waals surface area contributed by atoms with Crippen LogP contribution in [0.2, 0.25) is 0 Å². The van der Waals surface area contributed by atoms with Gasteiger partial charge in [0.25, 0.3) is 0 Å². The monoisotopic (exact) mass is 462 g/mol. The SMILES string of the molecule is COc1ccc(C#N)cc1C=C(C#N)c1cn(C(=O)CC(C)N)c2ccc(Br)cc12. The second kappa shape index (κ2) is 8.96. The summed E-state index contributed by atoms with van der Waals surface area (Å²) in [7, 11) is 1.53. The van der Waals surface area contributed by atoms with Crippen molar-refractivity contribution in [3.05, 3.63) is 63.8 Å². The number of methoxy groups -OCH3 is 1. The fourth-order valence-corrected chi connectivity index (χ4v) is 3.60. The summed E-state index contributed by atoms with van der Waals surface area (Å²) in [6, 6.07) is 14.6. The molecule has 0 aliphatic carbocycles. The molecule has 0 fully saturated rings. The van der Waals surface area contributed by atoms with E-state index in [2.05, 4.69) is 28.1 Å². The van der Waals surface area contributed by atoms with Gasteiger partial charge in [-0.2, -0.15) is 10.5 Å². The zero-order valence-electron chi connectivity index (χ0n) is 16.5. The van der Waals surface area contributed by atoms with Gasteiger partial charge in [0.05, 0.1) is 35.9 Å². The molecular weight excluding hydrogens is 444 g/mol. The third kappa shape index (κ3) is 4.28. The van der Waals surface area contributed by atoms with Crippen molar-refractivity contribution in [1.29, 1.82) is 10.5 Å². The summed E-state index contributed by atoms with van der Waals surface area (Å²) in [5, 5.41) is 19.9. The Bertz CT molecular complexity index is 1240. The van der Waals surface area contributed by atoms with E-state index in [1.54, 1.807) is 37.4 Å². The van der Waals surface area contributed by atoms with E-state index in [0.29, 0.717) is 33.5 Å². The molecule has 2 N–H and O–H groups in total. The Morgan fingerprint density at radius 1 is 1.30 bits per heavy atom. The van der Waals surface area contributed by atoms with Crippen LogP contribution in [-0.2, 0) is 0 Å². The number of carbonyl (C=O) groups is 1. The van der Waals surface area contributed by atoms with Crippen molar-refractivity contribution >= 4 is 44.4 Å². The van der Waals surface area contributed by atoms with Crippen LogP contribution >= 0.6 is 15.9 Å². The van der Waals surface area contributed by atoms with Crippen LogP contribution in [0.3, 0.4) is 0 Å². The molecule has 0 saturated carbocycles. The van der Waals surface area contributed by atoms with Gasteiger partial charge in [-0.3, -0.25) is 9.36 Å². The number of nitriles is 2. The smallest absolute Gasteiger partial charge is 0.232 e. The van der Waals surface area contributed by atoms with Crippen molar-refractivity contribution in [2.75, 3.05) is 7.11 Å². The lowest BCUT2D eigenvalue weighted by molar-refractivity contribution is 0.0901. The van der Waals surface area contributed by atoms with Gasteiger partial charge in [-0.25, -0.2) is 0 Å². The number of fused-ring (bicyclic) bond motifs is 1. The minimum absolute atomic E-state index is 0.148. The second-order valence-corrected chi connectivity index (χ2v) is 7.80. The number of halogens is 1. The Morgan fingerprint density at radius 3 is 2.70 bits per heavy atom. The molecule has 30 heavy (non-hydrogen) atoms. The maximum absolute atomic E-state index is 12.7. The van der Waals surface area contributed by atoms with Gasteiger partial charge in [0, 0.05) is 39.6 Å². The highest BCUT2D eigenvalue weighted by atomic mass is 79.9. The van der Waals surface area contributed by atoms with E-state index in [9.17, 15) is 15.3 Å². The molecule has 7 heteroatoms. The highest BCUT2D eigenvalue weighted by Gasteiger charge is 2.18. The highest BCUT2D eigenvalue weighted by molar-refractivity contribution is 9.10. The summed E-state index contributed by atoms with van der Waals surface area (Å²) in [4.78, 5) is 12.7. The number of nitrogens with two attached hydrogens (primary N) is 1. The lowest BCUT2D eigenvalue weighted by Crippen LogP contribution is -2.22. The average molecular weight is 463 g/mol. The van der Waals surface area contributed by atoms with Crippen LogP contribution < -0.4 is 10.5 Å². The first-order chi connectivity index (χ1) is 14.4. The molecule has 0 aliphatic heterocycles. The van der Waals surface area contributed by atoms with Crippen LogP contribution in [0.25, 0.3) is 22.6 Å². The van der Waals surface area contributed by atoms with Gasteiger partial charge in [0.1, 0.15) is 5.75 Å². The van der Waals surface area contributed by atoms with Gasteiger partial charge in [-0.15, -0.1) is 0 Å². The maximum Gasteiger partial charge on any atom is 0.232 e. The Hall–Kier alpha value is -3.39. The summed E-state index contributed by atoms with van der Waals surface area (Å²) in [6.07, 6.45) is 3.51. The van der Waals surface area contributed by atoms with E-state index >= 15 is 0 Å². The Kier molecular flexibility index (Phi) is 6.37. The summed E-state index contributed by atoms with van der Waals surface area (Å²) in [5.41, 5.74) is 8.51. The molecule has 1 aromatic heterocycles. The predicted octanol–water partition coefficient (Wildman–Crippen LogP) is 4.73. The fourth-order valence-electron chi connectivity index (χ4n) is 3.24. The number of rotatable bonds is 5. The van der Waals surface area contributed by atoms with Gasteiger partial charge in [0.15, 0.2) is 0 Å². The lowest BCUT2D eigenvalue weighted by atomic mass is 10.0. The van der Waals surface area contributed by atoms with Crippen LogP contribution in [0.1, 0.15) is 34.8 Å². The molecule has 1 heterocycles. The summed E-state index contributed by atoms with van der Waals surface area (Å²) in [5.74, 6) is 0.393. The third-order valence-corrected chi connectivity index (χ3v) is 5.09. The zero-order chi connectivity index (χ0) is 21.8. The minimum Gasteiger partial charge on any atom is -0.496 e. The maximum atomic E-state index is 12.7. The molecule has 1 atom stereocenters. The molecule has 0 aliphatic rings. The Balaban J connectivity index is 2.23. The van der Waals surface area contributed by atoms with Crippen LogP contribution in [0.5, 0.6) is 5.75 Å². The molecule has 0 saturated heterocycles. The molecule has 6 nitrogen and oxygen atoms in total. The summed E-state index contributed by atoms with van der Waals surface area (Å²) in [6.45, 7) is 1.77. The van der Waals surface area contributed by atoms with Gasteiger partial charge < -0.3 is 10.5 Å². The van der Waals surface area contributed by atoms with Crippen molar-refractivity contribution in [3.8, 4) is 17.9 Å². The first kappa shape index (κ1) is 21.3. The standard InChI is InChI=1S/C23H19BrN4O2/c1-14(27)7-23(29)28-13-20(19-10-18(24)4-5-21(19)28)17(12-26)9-16-8-15(11-25)3-6-22(16)30-2/h3-6,8-10,13-14H,7,27H2,1-2H3. The third-order valence-electron chi connectivity index (χ3n) is 4.60. The van der Waals surface area contributed by atoms with Gasteiger partial charge in [-0.05, 0) is 49.4 Å². The van der Waals surface area contributed by atoms with Gasteiger partial charge in [0.2, 0.25) is 5.91 Å². The van der Waals surface area contributed by atoms with E-state index in [1.165, 1.54) is 11.7 Å². The molecule has 0 spiro atoms. The number of benzene rings is 2. The molecule has 150 valence electrons. The number of aromatic nitrogens is 1. The molecule has 0 bridgehead atoms. The molecule has 2 aromatic carbocycles. The number of carbonyl (C=O) groups excluding carboxylic acids is 1. The predicted molar refractivity (Wildman–Crippen MR) is 120 cm³/mol. The van der Waals surface area contributed by atoms with Crippen molar-refractivity contribution in [2.24, 2.45) is 5.73 Å². The van der Waals surface area contributed by atoms with E-state index in [0.717, 1.165) is 9.86 Å². The van der Waals surface area contributed by atoms with Crippen molar-refractivity contribution in [2.45, 2.75) is 19.4 Å². The molecular formula is C23H19BrN4O2. The molecule has 1 unspecified atom stereocenters. The van der Waals surface area contributed by atoms with E-state index < -0.39 is 0 Å². The van der Waals surface area contributed by atoms with Gasteiger partial charge >= 0.3 is 0 Å². The molecule has 0 amide bonds. The van der Waals surface area contributed by atoms with E-state index in [1.807, 2.05) is 18.2 Å². The Labute approximate surface area is 182 Å². The largest absolute Gasteiger partial charge is 0.496 e. The number of allylic oxidation sites excluding steroid dienone is 1. The zero-order valence-corrected chi connectivity index (χ0v) is 18.1. The van der Waals surface area contributed by atoms with Crippen LogP contribution in [-0.4, -0.2) is 23.6 Å². The first-order valence-electron chi connectivity index (χ1n) is 9.17. The fraction of sp³-hybridized carbons (Fsp3) is 0.174. The van der Waals surface area contributed by atoms with E-state index in [-0.39, 0.29) is 18.4 Å². The summed E-state index contributed by atoms with van der Waals surface area (Å²) >= 11 is 3.46. The van der Waals surface area contributed by atoms with Gasteiger partial charge in [-0.1, -0.05) is 15.9 Å². The van der Waals surface area contributed by atoms with Crippen molar-refractivity contribution in [1.82, 2.24) is 4.57 Å². The van der Waals surface area contributed by atoms with Crippen molar-refractivity contribution < 1.29 is 9.53 Å². The van der Waals surface area contributed by atoms with Crippen molar-refractivity contribution in [3.63, 3.8) is 0 Å². The van der Waals surface area contributed by atoms with Crippen LogP contribution in [0, 0.1) is 22.7 Å². The van der Waals surface area contributed by atoms with Crippen LogP contribution in [0.4, 0.5) is 0 Å². The molecule has 0 radical (unpaired) electrons. The highest BCUT2D eigenvalue weighted by Crippen LogP contribution is 2.32. The number of hydrogen-bond donors (Lipinski definition) is 1. The quantitative estimate of drug-likeness (QED) is 0.551. The second-order valence-electron chi connectivity index (χ2n) is 6.89. The van der Waals surface area contributed by atoms with E-state index in [4.69, 9.17) is 10.5 Å². The van der Waals surface area contributed by atoms with Crippen LogP contribution in [0.15, 0.2) is 47.1 Å². The lowest BCUT2D eigenvalue weighted by Gasteiger charge is -2.06. The number of ether oxygens (including phenoxy) is 1. The average Bonchev–Trinajstić information content (AvgIpc) is 3.09.